The van der Waals surface area contributed by atoms with Gasteiger partial charge in [0.25, 0.3) is 0 Å². The van der Waals surface area contributed by atoms with Gasteiger partial charge in [-0.3, -0.25) is 9.13 Å². The first kappa shape index (κ1) is 15.8. The van der Waals surface area contributed by atoms with Crippen molar-refractivity contribution in [3.8, 4) is 0 Å². The van der Waals surface area contributed by atoms with E-state index in [1.165, 1.54) is 5.56 Å². The Labute approximate surface area is 118 Å². The SMILES string of the molecule is COCCNCc1ccc2c(c1)n(C)c(=O)n2C.Cl. The largest absolute Gasteiger partial charge is 0.383 e. The van der Waals surface area contributed by atoms with Crippen LogP contribution in [0.25, 0.3) is 11.0 Å². The minimum Gasteiger partial charge on any atom is -0.383 e. The van der Waals surface area contributed by atoms with Crippen LogP contribution in [0.5, 0.6) is 0 Å². The Balaban J connectivity index is 0.00000180. The van der Waals surface area contributed by atoms with E-state index < -0.39 is 0 Å². The Morgan fingerprint density at radius 1 is 1.21 bits per heavy atom. The van der Waals surface area contributed by atoms with Gasteiger partial charge in [0.15, 0.2) is 0 Å². The molecule has 19 heavy (non-hydrogen) atoms. The Kier molecular flexibility index (Phi) is 5.60. The van der Waals surface area contributed by atoms with Crippen LogP contribution in [0, 0.1) is 0 Å². The number of benzene rings is 1. The topological polar surface area (TPSA) is 48.2 Å². The molecule has 0 spiro atoms. The fraction of sp³-hybridized carbons (Fsp3) is 0.462. The minimum absolute atomic E-state index is 0. The van der Waals surface area contributed by atoms with Gasteiger partial charge in [0, 0.05) is 34.3 Å². The number of nitrogens with zero attached hydrogens (tertiary/aromatic N) is 2. The highest BCUT2D eigenvalue weighted by molar-refractivity contribution is 5.85. The highest BCUT2D eigenvalue weighted by Crippen LogP contribution is 2.13. The third-order valence-electron chi connectivity index (χ3n) is 3.15. The van der Waals surface area contributed by atoms with E-state index >= 15 is 0 Å². The highest BCUT2D eigenvalue weighted by atomic mass is 35.5. The summed E-state index contributed by atoms with van der Waals surface area (Å²) < 4.78 is 8.32. The van der Waals surface area contributed by atoms with Crippen LogP contribution >= 0.6 is 12.4 Å². The van der Waals surface area contributed by atoms with Gasteiger partial charge in [0.05, 0.1) is 17.6 Å². The van der Waals surface area contributed by atoms with Gasteiger partial charge in [-0.25, -0.2) is 4.79 Å². The second kappa shape index (κ2) is 6.75. The van der Waals surface area contributed by atoms with E-state index in [4.69, 9.17) is 4.74 Å². The van der Waals surface area contributed by atoms with Crippen molar-refractivity contribution in [2.24, 2.45) is 14.1 Å². The molecule has 2 aromatic rings. The summed E-state index contributed by atoms with van der Waals surface area (Å²) in [5, 5.41) is 3.29. The van der Waals surface area contributed by atoms with Crippen LogP contribution in [-0.4, -0.2) is 29.4 Å². The van der Waals surface area contributed by atoms with E-state index in [0.717, 1.165) is 24.1 Å². The lowest BCUT2D eigenvalue weighted by Gasteiger charge is -2.05. The number of methoxy groups -OCH3 is 1. The zero-order chi connectivity index (χ0) is 13.1. The van der Waals surface area contributed by atoms with Gasteiger partial charge in [-0.1, -0.05) is 6.07 Å². The predicted molar refractivity (Wildman–Crippen MR) is 79.0 cm³/mol. The monoisotopic (exact) mass is 285 g/mol. The van der Waals surface area contributed by atoms with Crippen molar-refractivity contribution in [1.82, 2.24) is 14.5 Å². The Morgan fingerprint density at radius 2 is 1.89 bits per heavy atom. The fourth-order valence-corrected chi connectivity index (χ4v) is 2.07. The van der Waals surface area contributed by atoms with Crippen LogP contribution in [0.2, 0.25) is 0 Å². The van der Waals surface area contributed by atoms with Gasteiger partial charge in [-0.05, 0) is 17.7 Å². The summed E-state index contributed by atoms with van der Waals surface area (Å²) in [6, 6.07) is 6.09. The van der Waals surface area contributed by atoms with Crippen LogP contribution in [0.3, 0.4) is 0 Å². The number of nitrogens with one attached hydrogen (secondary N) is 1. The number of aryl methyl sites for hydroxylation is 2. The lowest BCUT2D eigenvalue weighted by molar-refractivity contribution is 0.199. The predicted octanol–water partition coefficient (Wildman–Crippen LogP) is 1.03. The zero-order valence-corrected chi connectivity index (χ0v) is 12.3. The molecule has 0 bridgehead atoms. The number of fused-ring (bicyclic) bond motifs is 1. The first-order valence-electron chi connectivity index (χ1n) is 5.99. The molecule has 0 aliphatic heterocycles. The number of hydrogen-bond acceptors (Lipinski definition) is 3. The summed E-state index contributed by atoms with van der Waals surface area (Å²) in [6.07, 6.45) is 0. The lowest BCUT2D eigenvalue weighted by Crippen LogP contribution is -2.19. The first-order chi connectivity index (χ1) is 8.65. The number of halogens is 1. The lowest BCUT2D eigenvalue weighted by atomic mass is 10.2. The van der Waals surface area contributed by atoms with Crippen molar-refractivity contribution in [2.75, 3.05) is 20.3 Å². The van der Waals surface area contributed by atoms with E-state index in [-0.39, 0.29) is 18.1 Å². The molecule has 0 saturated heterocycles. The number of ether oxygens (including phenoxy) is 1. The van der Waals surface area contributed by atoms with Crippen LogP contribution < -0.4 is 11.0 Å². The van der Waals surface area contributed by atoms with E-state index in [0.29, 0.717) is 6.61 Å². The molecule has 0 aliphatic carbocycles. The van der Waals surface area contributed by atoms with Gasteiger partial charge in [-0.2, -0.15) is 0 Å². The van der Waals surface area contributed by atoms with Crippen LogP contribution in [-0.2, 0) is 25.4 Å². The van der Waals surface area contributed by atoms with Gasteiger partial charge in [0.2, 0.25) is 0 Å². The molecular weight excluding hydrogens is 266 g/mol. The van der Waals surface area contributed by atoms with Crippen LogP contribution in [0.4, 0.5) is 0 Å². The molecule has 0 aliphatic rings. The summed E-state index contributed by atoms with van der Waals surface area (Å²) in [6.45, 7) is 2.30. The Morgan fingerprint density at radius 3 is 2.58 bits per heavy atom. The molecule has 1 aromatic carbocycles. The highest BCUT2D eigenvalue weighted by Gasteiger charge is 2.07. The normalized spacial score (nSPS) is 10.7. The summed E-state index contributed by atoms with van der Waals surface area (Å²) in [7, 11) is 5.28. The molecule has 1 N–H and O–H groups in total. The maximum absolute atomic E-state index is 11.8. The number of imidazole rings is 1. The van der Waals surface area contributed by atoms with Gasteiger partial charge < -0.3 is 10.1 Å². The average molecular weight is 286 g/mol. The third-order valence-corrected chi connectivity index (χ3v) is 3.15. The third kappa shape index (κ3) is 3.18. The molecule has 0 atom stereocenters. The maximum Gasteiger partial charge on any atom is 0.328 e. The molecule has 6 heteroatoms. The molecule has 2 rings (SSSR count). The van der Waals surface area contributed by atoms with Crippen molar-refractivity contribution in [3.05, 3.63) is 34.2 Å². The first-order valence-corrected chi connectivity index (χ1v) is 5.99. The molecule has 0 amide bonds. The van der Waals surface area contributed by atoms with E-state index in [9.17, 15) is 4.79 Å². The molecule has 0 fully saturated rings. The number of rotatable bonds is 5. The van der Waals surface area contributed by atoms with Crippen molar-refractivity contribution in [2.45, 2.75) is 6.54 Å². The van der Waals surface area contributed by atoms with Crippen molar-refractivity contribution in [3.63, 3.8) is 0 Å². The minimum atomic E-state index is 0. The molecule has 0 unspecified atom stereocenters. The van der Waals surface area contributed by atoms with E-state index in [1.807, 2.05) is 12.1 Å². The second-order valence-electron chi connectivity index (χ2n) is 4.39. The average Bonchev–Trinajstić information content (AvgIpc) is 2.60. The molecular formula is C13H20ClN3O2. The van der Waals surface area contributed by atoms with Crippen molar-refractivity contribution in [1.29, 1.82) is 0 Å². The molecule has 106 valence electrons. The second-order valence-corrected chi connectivity index (χ2v) is 4.39. The Hall–Kier alpha value is -1.30. The quantitative estimate of drug-likeness (QED) is 0.835. The van der Waals surface area contributed by atoms with Crippen molar-refractivity contribution < 1.29 is 4.74 Å². The van der Waals surface area contributed by atoms with Gasteiger partial charge >= 0.3 is 5.69 Å². The van der Waals surface area contributed by atoms with E-state index in [2.05, 4.69) is 11.4 Å². The molecule has 5 nitrogen and oxygen atoms in total. The van der Waals surface area contributed by atoms with Crippen LogP contribution in [0.15, 0.2) is 23.0 Å². The molecule has 0 saturated carbocycles. The van der Waals surface area contributed by atoms with Crippen LogP contribution in [0.1, 0.15) is 5.56 Å². The van der Waals surface area contributed by atoms with Gasteiger partial charge in [-0.15, -0.1) is 12.4 Å². The van der Waals surface area contributed by atoms with E-state index in [1.54, 1.807) is 30.3 Å². The molecule has 0 radical (unpaired) electrons. The summed E-state index contributed by atoms with van der Waals surface area (Å²) in [5.41, 5.74) is 3.10. The number of hydrogen-bond donors (Lipinski definition) is 1. The molecule has 1 heterocycles. The fourth-order valence-electron chi connectivity index (χ4n) is 2.07. The maximum atomic E-state index is 11.8. The summed E-state index contributed by atoms with van der Waals surface area (Å²) in [5.74, 6) is 0. The summed E-state index contributed by atoms with van der Waals surface area (Å²) in [4.78, 5) is 11.8. The Bertz CT molecular complexity index is 604. The zero-order valence-electron chi connectivity index (χ0n) is 11.5. The van der Waals surface area contributed by atoms with Gasteiger partial charge in [0.1, 0.15) is 0 Å². The molecule has 1 aromatic heterocycles. The smallest absolute Gasteiger partial charge is 0.328 e. The number of aromatic nitrogens is 2. The standard InChI is InChI=1S/C13H19N3O2.ClH/c1-15-11-5-4-10(9-14-6-7-18-3)8-12(11)16(2)13(15)17;/h4-5,8,14H,6-7,9H2,1-3H3;1H. The summed E-state index contributed by atoms with van der Waals surface area (Å²) >= 11 is 0. The van der Waals surface area contributed by atoms with Crippen molar-refractivity contribution >= 4 is 23.4 Å².